The highest BCUT2D eigenvalue weighted by Gasteiger charge is 2.25. The highest BCUT2D eigenvalue weighted by Crippen LogP contribution is 2.39. The lowest BCUT2D eigenvalue weighted by molar-refractivity contribution is 0.185. The molecule has 2 aromatic carbocycles. The molecule has 158 valence electrons. The van der Waals surface area contributed by atoms with E-state index in [1.807, 2.05) is 43.0 Å². The van der Waals surface area contributed by atoms with E-state index in [0.29, 0.717) is 10.8 Å². The molecule has 0 atom stereocenters. The first-order chi connectivity index (χ1) is 14.3. The van der Waals surface area contributed by atoms with Crippen molar-refractivity contribution in [3.63, 3.8) is 0 Å². The van der Waals surface area contributed by atoms with Crippen LogP contribution in [-0.2, 0) is 0 Å². The molecule has 0 saturated carbocycles. The Labute approximate surface area is 183 Å². The summed E-state index contributed by atoms with van der Waals surface area (Å²) in [6, 6.07) is 14.1. The third-order valence-electron chi connectivity index (χ3n) is 4.93. The van der Waals surface area contributed by atoms with E-state index < -0.39 is 0 Å². The monoisotopic (exact) mass is 423 g/mol. The third-order valence-corrected chi connectivity index (χ3v) is 6.31. The van der Waals surface area contributed by atoms with Crippen LogP contribution in [0.3, 0.4) is 0 Å². The first kappa shape index (κ1) is 22.0. The molecule has 1 aliphatic heterocycles. The van der Waals surface area contributed by atoms with Crippen LogP contribution in [0.25, 0.3) is 0 Å². The molecule has 30 heavy (non-hydrogen) atoms. The number of nitrogens with zero attached hydrogens (tertiary/aromatic N) is 2. The van der Waals surface area contributed by atoms with Gasteiger partial charge < -0.3 is 15.0 Å². The van der Waals surface area contributed by atoms with Gasteiger partial charge in [0.2, 0.25) is 0 Å². The molecule has 6 heteroatoms. The summed E-state index contributed by atoms with van der Waals surface area (Å²) in [4.78, 5) is 15.1. The van der Waals surface area contributed by atoms with Crippen LogP contribution >= 0.6 is 11.8 Å². The zero-order valence-corrected chi connectivity index (χ0v) is 18.9. The third kappa shape index (κ3) is 5.93. The minimum Gasteiger partial charge on any atom is -0.456 e. The number of ether oxygens (including phenoxy) is 1. The predicted octanol–water partition coefficient (Wildman–Crippen LogP) is 5.64. The Hall–Kier alpha value is -2.65. The lowest BCUT2D eigenvalue weighted by atomic mass is 10.1. The zero-order chi connectivity index (χ0) is 21.7. The number of nitriles is 1. The van der Waals surface area contributed by atoms with Gasteiger partial charge in [0.25, 0.3) is 0 Å². The van der Waals surface area contributed by atoms with Crippen molar-refractivity contribution in [2.45, 2.75) is 56.7 Å². The number of carbonyl (C=O) groups is 1. The van der Waals surface area contributed by atoms with Crippen molar-refractivity contribution in [1.82, 2.24) is 10.2 Å². The number of thioether (sulfide) groups is 1. The molecule has 2 amide bonds. The van der Waals surface area contributed by atoms with Crippen molar-refractivity contribution in [3.05, 3.63) is 53.1 Å². The molecule has 1 heterocycles. The molecule has 2 aromatic rings. The summed E-state index contributed by atoms with van der Waals surface area (Å²) in [5.41, 5.74) is 2.93. The van der Waals surface area contributed by atoms with Gasteiger partial charge in [0.1, 0.15) is 11.5 Å². The van der Waals surface area contributed by atoms with E-state index in [1.54, 1.807) is 17.8 Å². The van der Waals surface area contributed by atoms with Gasteiger partial charge >= 0.3 is 6.03 Å². The standard InChI is InChI=1S/C24H29N3O2S/c1-16(2)26-24(28)27-9-7-21(8-10-27)30-23-14-19(15-25)5-6-22(23)29-20-12-17(3)11-18(4)13-20/h5-6,11-14,16,21H,7-10H2,1-4H3,(H,26,28). The molecular formula is C24H29N3O2S. The summed E-state index contributed by atoms with van der Waals surface area (Å²) in [6.45, 7) is 9.53. The fraction of sp³-hybridized carbons (Fsp3) is 0.417. The van der Waals surface area contributed by atoms with Crippen LogP contribution in [0, 0.1) is 25.2 Å². The molecule has 0 radical (unpaired) electrons. The molecule has 0 aromatic heterocycles. The number of rotatable bonds is 5. The highest BCUT2D eigenvalue weighted by molar-refractivity contribution is 8.00. The predicted molar refractivity (Wildman–Crippen MR) is 121 cm³/mol. The van der Waals surface area contributed by atoms with Crippen molar-refractivity contribution in [3.8, 4) is 17.6 Å². The van der Waals surface area contributed by atoms with E-state index in [4.69, 9.17) is 4.74 Å². The number of piperidine rings is 1. The van der Waals surface area contributed by atoms with Crippen LogP contribution in [-0.4, -0.2) is 35.3 Å². The van der Waals surface area contributed by atoms with E-state index in [0.717, 1.165) is 53.5 Å². The lowest BCUT2D eigenvalue weighted by Crippen LogP contribution is -2.46. The molecule has 1 fully saturated rings. The minimum atomic E-state index is 0.0127. The average Bonchev–Trinajstić information content (AvgIpc) is 2.68. The van der Waals surface area contributed by atoms with Crippen LogP contribution in [0.5, 0.6) is 11.5 Å². The van der Waals surface area contributed by atoms with Gasteiger partial charge in [-0.3, -0.25) is 0 Å². The van der Waals surface area contributed by atoms with E-state index >= 15 is 0 Å². The molecule has 1 N–H and O–H groups in total. The number of benzene rings is 2. The number of carbonyl (C=O) groups excluding carboxylic acids is 1. The number of urea groups is 1. The maximum atomic E-state index is 12.2. The molecule has 0 spiro atoms. The zero-order valence-electron chi connectivity index (χ0n) is 18.1. The normalized spacial score (nSPS) is 14.5. The summed E-state index contributed by atoms with van der Waals surface area (Å²) in [7, 11) is 0. The van der Waals surface area contributed by atoms with Crippen molar-refractivity contribution < 1.29 is 9.53 Å². The topological polar surface area (TPSA) is 65.4 Å². The SMILES string of the molecule is Cc1cc(C)cc(Oc2ccc(C#N)cc2SC2CCN(C(=O)NC(C)C)CC2)c1. The highest BCUT2D eigenvalue weighted by atomic mass is 32.2. The van der Waals surface area contributed by atoms with E-state index in [1.165, 1.54) is 0 Å². The van der Waals surface area contributed by atoms with Crippen molar-refractivity contribution in [2.24, 2.45) is 0 Å². The Bertz CT molecular complexity index is 924. The maximum absolute atomic E-state index is 12.2. The Balaban J connectivity index is 1.71. The van der Waals surface area contributed by atoms with Gasteiger partial charge in [-0.2, -0.15) is 5.26 Å². The first-order valence-electron chi connectivity index (χ1n) is 10.4. The molecule has 0 bridgehead atoms. The summed E-state index contributed by atoms with van der Waals surface area (Å²) in [5, 5.41) is 12.7. The number of aryl methyl sites for hydroxylation is 2. The molecule has 3 rings (SSSR count). The van der Waals surface area contributed by atoms with Crippen LogP contribution in [0.1, 0.15) is 43.4 Å². The second-order valence-electron chi connectivity index (χ2n) is 8.11. The Kier molecular flexibility index (Phi) is 7.28. The van der Waals surface area contributed by atoms with Crippen LogP contribution < -0.4 is 10.1 Å². The van der Waals surface area contributed by atoms with Gasteiger partial charge in [0.15, 0.2) is 0 Å². The quantitative estimate of drug-likeness (QED) is 0.676. The van der Waals surface area contributed by atoms with Crippen LogP contribution in [0.2, 0.25) is 0 Å². The summed E-state index contributed by atoms with van der Waals surface area (Å²) < 4.78 is 6.21. The Morgan fingerprint density at radius 2 is 1.83 bits per heavy atom. The van der Waals surface area contributed by atoms with Crippen molar-refractivity contribution in [2.75, 3.05) is 13.1 Å². The fourth-order valence-corrected chi connectivity index (χ4v) is 4.79. The van der Waals surface area contributed by atoms with Gasteiger partial charge in [0, 0.05) is 24.4 Å². The average molecular weight is 424 g/mol. The van der Waals surface area contributed by atoms with E-state index in [-0.39, 0.29) is 12.1 Å². The number of likely N-dealkylation sites (tertiary alicyclic amines) is 1. The summed E-state index contributed by atoms with van der Waals surface area (Å²) >= 11 is 1.74. The summed E-state index contributed by atoms with van der Waals surface area (Å²) in [5.74, 6) is 1.57. The minimum absolute atomic E-state index is 0.0127. The second kappa shape index (κ2) is 9.90. The number of hydrogen-bond acceptors (Lipinski definition) is 4. The number of amides is 2. The van der Waals surface area contributed by atoms with Gasteiger partial charge in [0.05, 0.1) is 16.5 Å². The fourth-order valence-electron chi connectivity index (χ4n) is 3.57. The first-order valence-corrected chi connectivity index (χ1v) is 11.2. The van der Waals surface area contributed by atoms with Gasteiger partial charge in [-0.15, -0.1) is 11.8 Å². The molecular weight excluding hydrogens is 394 g/mol. The molecule has 1 aliphatic rings. The van der Waals surface area contributed by atoms with Gasteiger partial charge in [-0.1, -0.05) is 6.07 Å². The molecule has 0 unspecified atom stereocenters. The van der Waals surface area contributed by atoms with E-state index in [2.05, 4.69) is 31.3 Å². The smallest absolute Gasteiger partial charge is 0.317 e. The van der Waals surface area contributed by atoms with Gasteiger partial charge in [-0.05, 0) is 82.0 Å². The van der Waals surface area contributed by atoms with E-state index in [9.17, 15) is 10.1 Å². The number of nitrogens with one attached hydrogen (secondary N) is 1. The Morgan fingerprint density at radius 1 is 1.17 bits per heavy atom. The maximum Gasteiger partial charge on any atom is 0.317 e. The largest absolute Gasteiger partial charge is 0.456 e. The summed E-state index contributed by atoms with van der Waals surface area (Å²) in [6.07, 6.45) is 1.83. The molecule has 0 aliphatic carbocycles. The van der Waals surface area contributed by atoms with Crippen molar-refractivity contribution >= 4 is 17.8 Å². The Morgan fingerprint density at radius 3 is 2.43 bits per heavy atom. The van der Waals surface area contributed by atoms with Crippen LogP contribution in [0.15, 0.2) is 41.3 Å². The lowest BCUT2D eigenvalue weighted by Gasteiger charge is -2.32. The second-order valence-corrected chi connectivity index (χ2v) is 9.45. The molecule has 5 nitrogen and oxygen atoms in total. The molecule has 1 saturated heterocycles. The number of hydrogen-bond donors (Lipinski definition) is 1. The van der Waals surface area contributed by atoms with Crippen LogP contribution in [0.4, 0.5) is 4.79 Å². The van der Waals surface area contributed by atoms with Gasteiger partial charge in [-0.25, -0.2) is 4.79 Å². The van der Waals surface area contributed by atoms with Crippen molar-refractivity contribution in [1.29, 1.82) is 5.26 Å².